The molecule has 2 aliphatic heterocycles. The maximum Gasteiger partial charge on any atom is 0.353 e. The number of carboxylic acids is 1. The van der Waals surface area contributed by atoms with Gasteiger partial charge in [-0.2, -0.15) is 0 Å². The highest BCUT2D eigenvalue weighted by molar-refractivity contribution is 8.03. The highest BCUT2D eigenvalue weighted by atomic mass is 32.2. The Bertz CT molecular complexity index is 563. The Kier molecular flexibility index (Phi) is 6.26. The molecule has 0 spiro atoms. The monoisotopic (exact) mass is 352 g/mol. The van der Waals surface area contributed by atoms with Crippen molar-refractivity contribution in [3.63, 3.8) is 0 Å². The predicted octanol–water partition coefficient (Wildman–Crippen LogP) is 1.30. The number of carbonyl (C=O) groups is 2. The fourth-order valence-electron chi connectivity index (χ4n) is 3.28. The van der Waals surface area contributed by atoms with Gasteiger partial charge in [0.15, 0.2) is 0 Å². The molecule has 7 heteroatoms. The molecule has 132 valence electrons. The lowest BCUT2D eigenvalue weighted by molar-refractivity contribution is -0.161. The molecule has 0 unspecified atom stereocenters. The van der Waals surface area contributed by atoms with Crippen molar-refractivity contribution >= 4 is 23.6 Å². The lowest BCUT2D eigenvalue weighted by atomic mass is 9.83. The second-order valence-electron chi connectivity index (χ2n) is 6.01. The number of β-lactam (4-membered cyclic amide) rings is 1. The van der Waals surface area contributed by atoms with Crippen LogP contribution in [0, 0.1) is 5.92 Å². The van der Waals surface area contributed by atoms with Crippen LogP contribution < -0.4 is 0 Å². The zero-order valence-electron chi connectivity index (χ0n) is 13.9. The lowest BCUT2D eigenvalue weighted by Gasteiger charge is -2.44. The molecule has 2 aliphatic rings. The summed E-state index contributed by atoms with van der Waals surface area (Å²) in [6, 6.07) is -0.219. The maximum atomic E-state index is 12.1. The smallest absolute Gasteiger partial charge is 0.353 e. The summed E-state index contributed by atoms with van der Waals surface area (Å²) in [5.74, 6) is -1.13. The highest BCUT2D eigenvalue weighted by Crippen LogP contribution is 2.46. The third-order valence-corrected chi connectivity index (χ3v) is 5.44. The van der Waals surface area contributed by atoms with Crippen LogP contribution in [-0.4, -0.2) is 69.4 Å². The topological polar surface area (TPSA) is 81.1 Å². The van der Waals surface area contributed by atoms with Gasteiger partial charge in [0.05, 0.1) is 18.1 Å². The zero-order valence-corrected chi connectivity index (χ0v) is 14.7. The highest BCUT2D eigenvalue weighted by Gasteiger charge is 2.56. The summed E-state index contributed by atoms with van der Waals surface area (Å²) < 4.78 is 0. The number of hydrogen-bond acceptors (Lipinski definition) is 5. The average molecular weight is 352 g/mol. The van der Waals surface area contributed by atoms with Crippen LogP contribution >= 0.6 is 11.8 Å². The van der Waals surface area contributed by atoms with E-state index in [1.165, 1.54) is 16.7 Å². The van der Waals surface area contributed by atoms with Gasteiger partial charge in [-0.15, -0.1) is 24.9 Å². The van der Waals surface area contributed by atoms with Crippen molar-refractivity contribution in [1.82, 2.24) is 9.80 Å². The Morgan fingerprint density at radius 3 is 2.58 bits per heavy atom. The van der Waals surface area contributed by atoms with Crippen LogP contribution in [0.25, 0.3) is 0 Å². The van der Waals surface area contributed by atoms with Crippen molar-refractivity contribution in [3.05, 3.63) is 35.9 Å². The van der Waals surface area contributed by atoms with Crippen molar-refractivity contribution in [2.75, 3.05) is 25.4 Å². The normalized spacial score (nSPS) is 24.0. The van der Waals surface area contributed by atoms with Crippen LogP contribution in [0.3, 0.4) is 0 Å². The number of fused-ring (bicyclic) bond motifs is 1. The summed E-state index contributed by atoms with van der Waals surface area (Å²) in [5.41, 5.74) is 0.0888. The summed E-state index contributed by atoms with van der Waals surface area (Å²) in [6.07, 6.45) is 3.40. The zero-order chi connectivity index (χ0) is 17.9. The number of carbonyl (C=O) groups excluding carboxylic acids is 1. The molecular weight excluding hydrogens is 328 g/mol. The fourth-order valence-corrected chi connectivity index (χ4v) is 4.49. The molecule has 24 heavy (non-hydrogen) atoms. The molecule has 0 aromatic heterocycles. The Labute approximate surface area is 146 Å². The van der Waals surface area contributed by atoms with Crippen molar-refractivity contribution in [3.8, 4) is 0 Å². The van der Waals surface area contributed by atoms with Gasteiger partial charge >= 0.3 is 5.97 Å². The van der Waals surface area contributed by atoms with Crippen LogP contribution in [0.5, 0.6) is 0 Å². The van der Waals surface area contributed by atoms with E-state index in [4.69, 9.17) is 0 Å². The second-order valence-corrected chi connectivity index (χ2v) is 7.20. The van der Waals surface area contributed by atoms with Gasteiger partial charge in [0.1, 0.15) is 5.70 Å². The van der Waals surface area contributed by atoms with Gasteiger partial charge in [0.25, 0.3) is 0 Å². The van der Waals surface area contributed by atoms with Gasteiger partial charge in [-0.25, -0.2) is 4.79 Å². The van der Waals surface area contributed by atoms with E-state index >= 15 is 0 Å². The van der Waals surface area contributed by atoms with Crippen LogP contribution in [0.1, 0.15) is 13.3 Å². The van der Waals surface area contributed by atoms with Crippen molar-refractivity contribution in [1.29, 1.82) is 0 Å². The first-order valence-corrected chi connectivity index (χ1v) is 8.95. The molecule has 0 bridgehead atoms. The van der Waals surface area contributed by atoms with Crippen molar-refractivity contribution in [2.45, 2.75) is 25.5 Å². The number of carboxylic acid groups (broad SMARTS) is 1. The van der Waals surface area contributed by atoms with E-state index in [0.717, 1.165) is 30.3 Å². The Morgan fingerprint density at radius 1 is 1.46 bits per heavy atom. The Balaban J connectivity index is 2.01. The first-order chi connectivity index (χ1) is 11.4. The van der Waals surface area contributed by atoms with E-state index in [0.29, 0.717) is 6.42 Å². The van der Waals surface area contributed by atoms with Crippen LogP contribution in [0.15, 0.2) is 35.9 Å². The number of aliphatic carboxylic acids is 1. The third kappa shape index (κ3) is 3.58. The number of rotatable bonds is 10. The molecule has 1 saturated heterocycles. The minimum atomic E-state index is -1.08. The van der Waals surface area contributed by atoms with Crippen LogP contribution in [0.4, 0.5) is 0 Å². The number of amides is 1. The fraction of sp³-hybridized carbons (Fsp3) is 0.529. The van der Waals surface area contributed by atoms with Crippen molar-refractivity contribution < 1.29 is 19.8 Å². The van der Waals surface area contributed by atoms with Gasteiger partial charge in [-0.1, -0.05) is 12.2 Å². The molecule has 0 saturated carbocycles. The van der Waals surface area contributed by atoms with Gasteiger partial charge in [0.2, 0.25) is 5.91 Å². The molecule has 2 heterocycles. The van der Waals surface area contributed by atoms with E-state index in [-0.39, 0.29) is 17.6 Å². The quantitative estimate of drug-likeness (QED) is 0.456. The standard InChI is InChI=1S/C17H24N2O4S/c1-4-6-18(7-5-2)8-9-24-13-10-12-14(11(3)20)16(21)19(12)15(13)17(22)23/h4-5,11-12,14,20H,1-2,6-10H2,3H3,(H,22,23)/t11-,12-,14-/m1/s1. The molecule has 6 nitrogen and oxygen atoms in total. The van der Waals surface area contributed by atoms with E-state index in [1.54, 1.807) is 6.92 Å². The minimum absolute atomic E-state index is 0.0888. The van der Waals surface area contributed by atoms with Gasteiger partial charge in [0, 0.05) is 36.7 Å². The Hall–Kier alpha value is -1.57. The van der Waals surface area contributed by atoms with Gasteiger partial charge in [-0.3, -0.25) is 9.69 Å². The molecule has 0 aromatic rings. The third-order valence-electron chi connectivity index (χ3n) is 4.35. The Morgan fingerprint density at radius 2 is 2.08 bits per heavy atom. The van der Waals surface area contributed by atoms with Gasteiger partial charge < -0.3 is 15.1 Å². The largest absolute Gasteiger partial charge is 0.477 e. The van der Waals surface area contributed by atoms with Gasteiger partial charge in [-0.05, 0) is 6.92 Å². The number of thioether (sulfide) groups is 1. The van der Waals surface area contributed by atoms with Crippen molar-refractivity contribution in [2.24, 2.45) is 5.92 Å². The summed E-state index contributed by atoms with van der Waals surface area (Å²) in [6.45, 7) is 11.3. The minimum Gasteiger partial charge on any atom is -0.477 e. The molecular formula is C17H24N2O4S. The molecule has 2 rings (SSSR count). The molecule has 0 aliphatic carbocycles. The molecule has 1 fully saturated rings. The summed E-state index contributed by atoms with van der Waals surface area (Å²) >= 11 is 1.48. The predicted molar refractivity (Wildman–Crippen MR) is 94.4 cm³/mol. The molecule has 1 amide bonds. The van der Waals surface area contributed by atoms with E-state index in [2.05, 4.69) is 18.1 Å². The number of aliphatic hydroxyl groups is 1. The SMILES string of the molecule is C=CCN(CC=C)CCSC1=C(C(=O)O)N2C(=O)[C@H]([C@@H](C)O)[C@H]2C1. The lowest BCUT2D eigenvalue weighted by Crippen LogP contribution is -2.61. The molecule has 3 atom stereocenters. The van der Waals surface area contributed by atoms with Crippen LogP contribution in [-0.2, 0) is 9.59 Å². The number of aliphatic hydroxyl groups excluding tert-OH is 1. The summed E-state index contributed by atoms with van der Waals surface area (Å²) in [7, 11) is 0. The number of hydrogen-bond donors (Lipinski definition) is 2. The first kappa shape index (κ1) is 18.8. The molecule has 0 radical (unpaired) electrons. The summed E-state index contributed by atoms with van der Waals surface area (Å²) in [4.78, 5) is 27.9. The van der Waals surface area contributed by atoms with E-state index < -0.39 is 18.0 Å². The molecule has 0 aromatic carbocycles. The van der Waals surface area contributed by atoms with E-state index in [9.17, 15) is 19.8 Å². The second kappa shape index (κ2) is 8.00. The molecule has 2 N–H and O–H groups in total. The first-order valence-electron chi connectivity index (χ1n) is 7.96. The summed E-state index contributed by atoms with van der Waals surface area (Å²) in [5, 5.41) is 19.2. The number of nitrogens with zero attached hydrogens (tertiary/aromatic N) is 2. The average Bonchev–Trinajstić information content (AvgIpc) is 2.82. The van der Waals surface area contributed by atoms with E-state index in [1.807, 2.05) is 12.2 Å². The van der Waals surface area contributed by atoms with Crippen LogP contribution in [0.2, 0.25) is 0 Å². The maximum absolute atomic E-state index is 12.1.